The Morgan fingerprint density at radius 1 is 1.03 bits per heavy atom. The van der Waals surface area contributed by atoms with Gasteiger partial charge in [-0.1, -0.05) is 36.4 Å². The molecule has 0 radical (unpaired) electrons. The van der Waals surface area contributed by atoms with Crippen molar-refractivity contribution in [3.63, 3.8) is 0 Å². The van der Waals surface area contributed by atoms with Gasteiger partial charge in [-0.25, -0.2) is 0 Å². The van der Waals surface area contributed by atoms with Crippen molar-refractivity contribution >= 4 is 11.8 Å². The van der Waals surface area contributed by atoms with Crippen molar-refractivity contribution in [2.75, 3.05) is 27.4 Å². The van der Waals surface area contributed by atoms with E-state index in [0.717, 1.165) is 22.4 Å². The Balaban J connectivity index is 1.38. The fraction of sp³-hybridized carbons (Fsp3) is 0.320. The fourth-order valence-corrected chi connectivity index (χ4v) is 4.31. The van der Waals surface area contributed by atoms with Gasteiger partial charge in [0.1, 0.15) is 0 Å². The highest BCUT2D eigenvalue weighted by Crippen LogP contribution is 2.33. The summed E-state index contributed by atoms with van der Waals surface area (Å²) in [7, 11) is 3.44. The summed E-state index contributed by atoms with van der Waals surface area (Å²) in [6.07, 6.45) is 0.920. The van der Waals surface area contributed by atoms with Crippen LogP contribution in [0.2, 0.25) is 0 Å². The molecule has 0 atom stereocenters. The molecule has 8 heteroatoms. The van der Waals surface area contributed by atoms with E-state index in [4.69, 9.17) is 9.47 Å². The second-order valence-electron chi connectivity index (χ2n) is 8.55. The molecule has 0 saturated carbocycles. The van der Waals surface area contributed by atoms with Crippen molar-refractivity contribution in [1.29, 1.82) is 0 Å². The topological polar surface area (TPSA) is 76.9 Å². The summed E-state index contributed by atoms with van der Waals surface area (Å²) in [4.78, 5) is 29.3. The van der Waals surface area contributed by atoms with Gasteiger partial charge in [0.05, 0.1) is 13.0 Å². The Kier molecular flexibility index (Phi) is 5.50. The molecule has 2 amide bonds. The average Bonchev–Trinajstić information content (AvgIpc) is 3.43. The molecule has 2 aromatic carbocycles. The Morgan fingerprint density at radius 2 is 1.82 bits per heavy atom. The van der Waals surface area contributed by atoms with Gasteiger partial charge in [0.2, 0.25) is 12.7 Å². The fourth-order valence-electron chi connectivity index (χ4n) is 4.31. The van der Waals surface area contributed by atoms with Crippen LogP contribution in [0, 0.1) is 0 Å². The van der Waals surface area contributed by atoms with E-state index in [1.807, 2.05) is 58.1 Å². The predicted molar refractivity (Wildman–Crippen MR) is 121 cm³/mol. The molecule has 0 spiro atoms. The molecule has 1 aromatic heterocycles. The molecular weight excluding hydrogens is 420 g/mol. The number of carbonyl (C=O) groups is 2. The van der Waals surface area contributed by atoms with E-state index in [1.54, 1.807) is 14.1 Å². The number of benzene rings is 2. The van der Waals surface area contributed by atoms with Gasteiger partial charge in [0, 0.05) is 44.9 Å². The third-order valence-electron chi connectivity index (χ3n) is 6.06. The number of nitrogens with zero attached hydrogens (tertiary/aromatic N) is 4. The van der Waals surface area contributed by atoms with Crippen LogP contribution in [0.5, 0.6) is 11.5 Å². The highest BCUT2D eigenvalue weighted by atomic mass is 16.7. The van der Waals surface area contributed by atoms with Crippen molar-refractivity contribution in [2.24, 2.45) is 0 Å². The zero-order chi connectivity index (χ0) is 22.9. The van der Waals surface area contributed by atoms with Crippen LogP contribution in [0.3, 0.4) is 0 Å². The molecule has 0 bridgehead atoms. The lowest BCUT2D eigenvalue weighted by atomic mass is 10.0. The average molecular weight is 447 g/mol. The first-order chi connectivity index (χ1) is 16.0. The molecular formula is C25H26N4O4. The molecule has 0 N–H and O–H groups in total. The first-order valence-corrected chi connectivity index (χ1v) is 11.0. The maximum absolute atomic E-state index is 13.1. The lowest BCUT2D eigenvalue weighted by Crippen LogP contribution is -2.38. The monoisotopic (exact) mass is 446 g/mol. The quantitative estimate of drug-likeness (QED) is 0.602. The molecule has 2 aliphatic heterocycles. The minimum Gasteiger partial charge on any atom is -0.454 e. The number of fused-ring (bicyclic) bond motifs is 2. The van der Waals surface area contributed by atoms with Gasteiger partial charge in [-0.3, -0.25) is 14.3 Å². The molecule has 170 valence electrons. The highest BCUT2D eigenvalue weighted by molar-refractivity contribution is 5.94. The summed E-state index contributed by atoms with van der Waals surface area (Å²) in [5.74, 6) is 1.23. The molecule has 3 heterocycles. The largest absolute Gasteiger partial charge is 0.454 e. The van der Waals surface area contributed by atoms with E-state index in [9.17, 15) is 9.59 Å². The summed E-state index contributed by atoms with van der Waals surface area (Å²) < 4.78 is 12.7. The van der Waals surface area contributed by atoms with Crippen LogP contribution >= 0.6 is 0 Å². The van der Waals surface area contributed by atoms with Gasteiger partial charge in [0.25, 0.3) is 5.91 Å². The van der Waals surface area contributed by atoms with Gasteiger partial charge in [-0.15, -0.1) is 0 Å². The Morgan fingerprint density at radius 3 is 2.61 bits per heavy atom. The second kappa shape index (κ2) is 8.61. The predicted octanol–water partition coefficient (Wildman–Crippen LogP) is 2.49. The van der Waals surface area contributed by atoms with Gasteiger partial charge in [-0.2, -0.15) is 5.10 Å². The van der Waals surface area contributed by atoms with Crippen molar-refractivity contribution in [3.8, 4) is 11.5 Å². The number of aromatic nitrogens is 2. The van der Waals surface area contributed by atoms with Crippen LogP contribution in [-0.4, -0.2) is 58.8 Å². The molecule has 0 unspecified atom stereocenters. The summed E-state index contributed by atoms with van der Waals surface area (Å²) in [6, 6.07) is 15.6. The second-order valence-corrected chi connectivity index (χ2v) is 8.55. The Hall–Kier alpha value is -3.81. The third kappa shape index (κ3) is 4.16. The molecule has 5 rings (SSSR count). The molecule has 0 aliphatic carbocycles. The van der Waals surface area contributed by atoms with E-state index < -0.39 is 0 Å². The van der Waals surface area contributed by atoms with Crippen LogP contribution < -0.4 is 9.47 Å². The standard InChI is InChI=1S/C25H26N4O4/c1-27(2)25(31)24-19-15-28(23(30)13-18-8-9-21-22(12-18)33-16-32-21)11-10-20(19)29(26-24)14-17-6-4-3-5-7-17/h3-9,12H,10-11,13-16H2,1-2H3. The maximum atomic E-state index is 13.1. The van der Waals surface area contributed by atoms with Crippen LogP contribution in [0.1, 0.15) is 32.9 Å². The normalized spacial score (nSPS) is 14.2. The van der Waals surface area contributed by atoms with Gasteiger partial charge in [0.15, 0.2) is 17.2 Å². The highest BCUT2D eigenvalue weighted by Gasteiger charge is 2.31. The van der Waals surface area contributed by atoms with Crippen LogP contribution in [0.25, 0.3) is 0 Å². The van der Waals surface area contributed by atoms with E-state index in [2.05, 4.69) is 5.10 Å². The number of amides is 2. The van der Waals surface area contributed by atoms with Crippen molar-refractivity contribution in [2.45, 2.75) is 25.9 Å². The Bertz CT molecular complexity index is 1200. The summed E-state index contributed by atoms with van der Waals surface area (Å²) in [5.41, 5.74) is 4.28. The number of hydrogen-bond donors (Lipinski definition) is 0. The molecule has 2 aliphatic rings. The van der Waals surface area contributed by atoms with Gasteiger partial charge in [-0.05, 0) is 23.3 Å². The lowest BCUT2D eigenvalue weighted by molar-refractivity contribution is -0.131. The number of rotatable bonds is 5. The molecule has 0 fully saturated rings. The third-order valence-corrected chi connectivity index (χ3v) is 6.06. The van der Waals surface area contributed by atoms with Gasteiger partial charge < -0.3 is 19.3 Å². The first-order valence-electron chi connectivity index (χ1n) is 11.0. The van der Waals surface area contributed by atoms with Crippen molar-refractivity contribution < 1.29 is 19.1 Å². The molecule has 0 saturated heterocycles. The van der Waals surface area contributed by atoms with Crippen molar-refractivity contribution in [3.05, 3.63) is 76.6 Å². The van der Waals surface area contributed by atoms with Crippen LogP contribution in [0.4, 0.5) is 0 Å². The lowest BCUT2D eigenvalue weighted by Gasteiger charge is -2.28. The van der Waals surface area contributed by atoms with Crippen LogP contribution in [0.15, 0.2) is 48.5 Å². The van der Waals surface area contributed by atoms with E-state index >= 15 is 0 Å². The minimum atomic E-state index is -0.150. The van der Waals surface area contributed by atoms with E-state index in [1.165, 1.54) is 4.90 Å². The summed E-state index contributed by atoms with van der Waals surface area (Å²) in [6.45, 7) is 1.77. The summed E-state index contributed by atoms with van der Waals surface area (Å²) in [5, 5.41) is 4.68. The number of ether oxygens (including phenoxy) is 2. The SMILES string of the molecule is CN(C)C(=O)c1nn(Cc2ccccc2)c2c1CN(C(=O)Cc1ccc3c(c1)OCO3)CC2. The molecule has 33 heavy (non-hydrogen) atoms. The van der Waals surface area contributed by atoms with E-state index in [-0.39, 0.29) is 25.0 Å². The Labute approximate surface area is 192 Å². The molecule has 8 nitrogen and oxygen atoms in total. The van der Waals surface area contributed by atoms with Crippen molar-refractivity contribution in [1.82, 2.24) is 19.6 Å². The molecule has 3 aromatic rings. The van der Waals surface area contributed by atoms with Gasteiger partial charge >= 0.3 is 0 Å². The first kappa shape index (κ1) is 21.1. The number of hydrogen-bond acceptors (Lipinski definition) is 5. The number of carbonyl (C=O) groups excluding carboxylic acids is 2. The van der Waals surface area contributed by atoms with Crippen LogP contribution in [-0.2, 0) is 30.7 Å². The minimum absolute atomic E-state index is 0.0126. The maximum Gasteiger partial charge on any atom is 0.274 e. The zero-order valence-corrected chi connectivity index (χ0v) is 18.8. The summed E-state index contributed by atoms with van der Waals surface area (Å²) >= 11 is 0. The zero-order valence-electron chi connectivity index (χ0n) is 18.8. The van der Waals surface area contributed by atoms with E-state index in [0.29, 0.717) is 43.2 Å². The smallest absolute Gasteiger partial charge is 0.274 e.